The monoisotopic (exact) mass is 273 g/mol. The SMILES string of the molecule is CCCC(COC)NCc1ccc(OC(F)F)cc1. The zero-order valence-corrected chi connectivity index (χ0v) is 11.4. The second kappa shape index (κ2) is 8.82. The summed E-state index contributed by atoms with van der Waals surface area (Å²) in [7, 11) is 1.68. The Labute approximate surface area is 112 Å². The fraction of sp³-hybridized carbons (Fsp3) is 0.571. The van der Waals surface area contributed by atoms with E-state index in [9.17, 15) is 8.78 Å². The minimum Gasteiger partial charge on any atom is -0.435 e. The van der Waals surface area contributed by atoms with E-state index in [-0.39, 0.29) is 5.75 Å². The Balaban J connectivity index is 2.43. The minimum atomic E-state index is -2.78. The number of nitrogens with one attached hydrogen (secondary N) is 1. The lowest BCUT2D eigenvalue weighted by molar-refractivity contribution is -0.0498. The lowest BCUT2D eigenvalue weighted by atomic mass is 10.1. The summed E-state index contributed by atoms with van der Waals surface area (Å²) in [4.78, 5) is 0. The fourth-order valence-electron chi connectivity index (χ4n) is 1.84. The van der Waals surface area contributed by atoms with Gasteiger partial charge in [0.05, 0.1) is 6.61 Å². The molecule has 0 aliphatic heterocycles. The molecule has 0 aromatic heterocycles. The molecule has 3 nitrogen and oxygen atoms in total. The molecule has 0 bridgehead atoms. The van der Waals surface area contributed by atoms with Gasteiger partial charge in [0.2, 0.25) is 0 Å². The quantitative estimate of drug-likeness (QED) is 0.749. The molecule has 5 heteroatoms. The van der Waals surface area contributed by atoms with Crippen molar-refractivity contribution in [1.29, 1.82) is 0 Å². The topological polar surface area (TPSA) is 30.5 Å². The molecule has 1 aromatic rings. The Bertz CT molecular complexity index is 338. The Kier molecular flexibility index (Phi) is 7.36. The molecule has 19 heavy (non-hydrogen) atoms. The molecule has 0 fully saturated rings. The maximum Gasteiger partial charge on any atom is 0.387 e. The summed E-state index contributed by atoms with van der Waals surface area (Å²) in [6.07, 6.45) is 2.13. The van der Waals surface area contributed by atoms with Crippen molar-refractivity contribution in [2.75, 3.05) is 13.7 Å². The van der Waals surface area contributed by atoms with Gasteiger partial charge in [0.25, 0.3) is 0 Å². The van der Waals surface area contributed by atoms with Gasteiger partial charge >= 0.3 is 6.61 Å². The van der Waals surface area contributed by atoms with Gasteiger partial charge in [-0.15, -0.1) is 0 Å². The third kappa shape index (κ3) is 6.50. The summed E-state index contributed by atoms with van der Waals surface area (Å²) >= 11 is 0. The first-order valence-electron chi connectivity index (χ1n) is 6.41. The average molecular weight is 273 g/mol. The number of ether oxygens (including phenoxy) is 2. The van der Waals surface area contributed by atoms with Gasteiger partial charge < -0.3 is 14.8 Å². The highest BCUT2D eigenvalue weighted by Crippen LogP contribution is 2.15. The molecule has 0 aliphatic carbocycles. The maximum atomic E-state index is 12.0. The van der Waals surface area contributed by atoms with Crippen LogP contribution in [0.4, 0.5) is 8.78 Å². The Hall–Kier alpha value is -1.20. The number of halogens is 2. The molecule has 108 valence electrons. The van der Waals surface area contributed by atoms with Crippen LogP contribution in [0, 0.1) is 0 Å². The highest BCUT2D eigenvalue weighted by atomic mass is 19.3. The highest BCUT2D eigenvalue weighted by Gasteiger charge is 2.07. The molecule has 0 saturated heterocycles. The van der Waals surface area contributed by atoms with E-state index in [0.717, 1.165) is 18.4 Å². The molecule has 1 unspecified atom stereocenters. The van der Waals surface area contributed by atoms with Gasteiger partial charge in [-0.2, -0.15) is 8.78 Å². The largest absolute Gasteiger partial charge is 0.435 e. The molecule has 0 radical (unpaired) electrons. The lowest BCUT2D eigenvalue weighted by Gasteiger charge is -2.17. The number of hydrogen-bond acceptors (Lipinski definition) is 3. The van der Waals surface area contributed by atoms with Crippen molar-refractivity contribution in [3.8, 4) is 5.75 Å². The van der Waals surface area contributed by atoms with Crippen LogP contribution in [0.25, 0.3) is 0 Å². The fourth-order valence-corrected chi connectivity index (χ4v) is 1.84. The number of benzene rings is 1. The van der Waals surface area contributed by atoms with Gasteiger partial charge in [-0.1, -0.05) is 25.5 Å². The van der Waals surface area contributed by atoms with Gasteiger partial charge in [0.1, 0.15) is 5.75 Å². The minimum absolute atomic E-state index is 0.181. The predicted molar refractivity (Wildman–Crippen MR) is 70.5 cm³/mol. The van der Waals surface area contributed by atoms with Crippen LogP contribution in [-0.2, 0) is 11.3 Å². The first kappa shape index (κ1) is 15.9. The van der Waals surface area contributed by atoms with Crippen molar-refractivity contribution in [3.63, 3.8) is 0 Å². The van der Waals surface area contributed by atoms with Crippen molar-refractivity contribution < 1.29 is 18.3 Å². The second-order valence-electron chi connectivity index (χ2n) is 4.34. The molecule has 0 spiro atoms. The van der Waals surface area contributed by atoms with Gasteiger partial charge in [-0.3, -0.25) is 0 Å². The summed E-state index contributed by atoms with van der Waals surface area (Å²) in [5.74, 6) is 0.181. The molecular formula is C14H21F2NO2. The molecule has 1 atom stereocenters. The van der Waals surface area contributed by atoms with Gasteiger partial charge in [-0.05, 0) is 24.1 Å². The predicted octanol–water partition coefficient (Wildman–Crippen LogP) is 3.19. The van der Waals surface area contributed by atoms with E-state index in [2.05, 4.69) is 17.0 Å². The number of rotatable bonds is 9. The number of alkyl halides is 2. The van der Waals surface area contributed by atoms with Crippen LogP contribution < -0.4 is 10.1 Å². The Morgan fingerprint density at radius 2 is 1.89 bits per heavy atom. The smallest absolute Gasteiger partial charge is 0.387 e. The Morgan fingerprint density at radius 1 is 1.21 bits per heavy atom. The number of methoxy groups -OCH3 is 1. The van der Waals surface area contributed by atoms with E-state index in [1.54, 1.807) is 31.4 Å². The van der Waals surface area contributed by atoms with E-state index in [1.165, 1.54) is 0 Å². The van der Waals surface area contributed by atoms with Crippen LogP contribution in [0.1, 0.15) is 25.3 Å². The summed E-state index contributed by atoms with van der Waals surface area (Å²) in [6, 6.07) is 6.97. The van der Waals surface area contributed by atoms with E-state index in [4.69, 9.17) is 4.74 Å². The highest BCUT2D eigenvalue weighted by molar-refractivity contribution is 5.27. The zero-order chi connectivity index (χ0) is 14.1. The van der Waals surface area contributed by atoms with Crippen molar-refractivity contribution >= 4 is 0 Å². The Morgan fingerprint density at radius 3 is 2.42 bits per heavy atom. The lowest BCUT2D eigenvalue weighted by Crippen LogP contribution is -2.32. The summed E-state index contributed by atoms with van der Waals surface area (Å²) in [6.45, 7) is 0.698. The maximum absolute atomic E-state index is 12.0. The van der Waals surface area contributed by atoms with Crippen molar-refractivity contribution in [2.45, 2.75) is 39.0 Å². The molecule has 0 heterocycles. The zero-order valence-electron chi connectivity index (χ0n) is 11.4. The first-order valence-corrected chi connectivity index (χ1v) is 6.41. The molecule has 0 aliphatic rings. The van der Waals surface area contributed by atoms with Crippen LogP contribution in [0.5, 0.6) is 5.75 Å². The number of hydrogen-bond donors (Lipinski definition) is 1. The molecular weight excluding hydrogens is 252 g/mol. The van der Waals surface area contributed by atoms with Crippen LogP contribution in [-0.4, -0.2) is 26.4 Å². The van der Waals surface area contributed by atoms with E-state index < -0.39 is 6.61 Å². The van der Waals surface area contributed by atoms with Crippen LogP contribution >= 0.6 is 0 Å². The third-order valence-corrected chi connectivity index (χ3v) is 2.75. The standard InChI is InChI=1S/C14H21F2NO2/c1-3-4-12(10-18-2)17-9-11-5-7-13(8-6-11)19-14(15)16/h5-8,12,14,17H,3-4,9-10H2,1-2H3. The van der Waals surface area contributed by atoms with Crippen molar-refractivity contribution in [2.24, 2.45) is 0 Å². The second-order valence-corrected chi connectivity index (χ2v) is 4.34. The first-order chi connectivity index (χ1) is 9.15. The van der Waals surface area contributed by atoms with Crippen molar-refractivity contribution in [1.82, 2.24) is 5.32 Å². The van der Waals surface area contributed by atoms with Gasteiger partial charge in [0.15, 0.2) is 0 Å². The van der Waals surface area contributed by atoms with E-state index in [0.29, 0.717) is 19.2 Å². The van der Waals surface area contributed by atoms with Gasteiger partial charge in [0, 0.05) is 19.7 Å². The summed E-state index contributed by atoms with van der Waals surface area (Å²) in [5.41, 5.74) is 1.03. The average Bonchev–Trinajstić information content (AvgIpc) is 2.37. The van der Waals surface area contributed by atoms with Crippen LogP contribution in [0.2, 0.25) is 0 Å². The summed E-state index contributed by atoms with van der Waals surface area (Å²) in [5, 5.41) is 3.38. The third-order valence-electron chi connectivity index (χ3n) is 2.75. The molecule has 1 rings (SSSR count). The van der Waals surface area contributed by atoms with Crippen LogP contribution in [0.15, 0.2) is 24.3 Å². The van der Waals surface area contributed by atoms with Crippen LogP contribution in [0.3, 0.4) is 0 Å². The van der Waals surface area contributed by atoms with Crippen molar-refractivity contribution in [3.05, 3.63) is 29.8 Å². The van der Waals surface area contributed by atoms with E-state index >= 15 is 0 Å². The van der Waals surface area contributed by atoms with E-state index in [1.807, 2.05) is 0 Å². The normalized spacial score (nSPS) is 12.7. The molecule has 0 amide bonds. The van der Waals surface area contributed by atoms with Gasteiger partial charge in [-0.25, -0.2) is 0 Å². The summed E-state index contributed by atoms with van der Waals surface area (Å²) < 4.78 is 33.4. The molecule has 1 N–H and O–H groups in total. The molecule has 0 saturated carbocycles. The molecule has 1 aromatic carbocycles.